The number of hydrogen-bond acceptors (Lipinski definition) is 1. The number of alkyl halides is 3. The van der Waals surface area contributed by atoms with Crippen molar-refractivity contribution >= 4 is 0 Å². The quantitative estimate of drug-likeness (QED) is 0.253. The number of rotatable bonds is 15. The normalized spacial score (nSPS) is 13.8. The van der Waals surface area contributed by atoms with Crippen molar-refractivity contribution in [3.05, 3.63) is 12.2 Å². The number of unbranched alkanes of at least 4 members (excludes halogenated alkanes) is 11. The Morgan fingerprint density at radius 1 is 0.739 bits per heavy atom. The molecule has 1 atom stereocenters. The fourth-order valence-electron chi connectivity index (χ4n) is 2.57. The predicted molar refractivity (Wildman–Crippen MR) is 91.5 cm³/mol. The second-order valence-electron chi connectivity index (χ2n) is 6.43. The molecule has 0 saturated carbocycles. The highest BCUT2D eigenvalue weighted by Crippen LogP contribution is 2.24. The lowest BCUT2D eigenvalue weighted by molar-refractivity contribution is -0.205. The van der Waals surface area contributed by atoms with E-state index in [9.17, 15) is 13.2 Å². The lowest BCUT2D eigenvalue weighted by Crippen LogP contribution is -2.28. The number of aliphatic hydroxyl groups is 1. The molecule has 0 aliphatic carbocycles. The molecule has 0 aromatic heterocycles. The van der Waals surface area contributed by atoms with Crippen LogP contribution in [0.3, 0.4) is 0 Å². The van der Waals surface area contributed by atoms with Gasteiger partial charge in [0.05, 0.1) is 0 Å². The molecule has 1 N–H and O–H groups in total. The van der Waals surface area contributed by atoms with Gasteiger partial charge in [0.15, 0.2) is 0 Å². The predicted octanol–water partition coefficient (Wildman–Crippen LogP) is 6.95. The second-order valence-corrected chi connectivity index (χ2v) is 6.43. The Morgan fingerprint density at radius 2 is 1.17 bits per heavy atom. The second kappa shape index (κ2) is 15.0. The monoisotopic (exact) mass is 336 g/mol. The van der Waals surface area contributed by atoms with Crippen molar-refractivity contribution in [1.82, 2.24) is 0 Å². The van der Waals surface area contributed by atoms with Crippen LogP contribution < -0.4 is 0 Å². The van der Waals surface area contributed by atoms with Gasteiger partial charge in [0.25, 0.3) is 0 Å². The molecule has 0 heterocycles. The number of allylic oxidation sites excluding steroid dienone is 2. The lowest BCUT2D eigenvalue weighted by atomic mass is 10.1. The summed E-state index contributed by atoms with van der Waals surface area (Å²) in [6.45, 7) is 2.23. The zero-order valence-corrected chi connectivity index (χ0v) is 14.7. The third-order valence-corrected chi connectivity index (χ3v) is 4.12. The molecule has 1 nitrogen and oxygen atoms in total. The van der Waals surface area contributed by atoms with Crippen LogP contribution in [0.5, 0.6) is 0 Å². The van der Waals surface area contributed by atoms with Gasteiger partial charge < -0.3 is 5.11 Å². The number of halogens is 3. The van der Waals surface area contributed by atoms with Crippen molar-refractivity contribution in [2.75, 3.05) is 0 Å². The van der Waals surface area contributed by atoms with E-state index in [1.54, 1.807) is 0 Å². The zero-order valence-electron chi connectivity index (χ0n) is 14.7. The summed E-state index contributed by atoms with van der Waals surface area (Å²) in [7, 11) is 0. The topological polar surface area (TPSA) is 20.2 Å². The van der Waals surface area contributed by atoms with E-state index in [4.69, 9.17) is 5.11 Å². The highest BCUT2D eigenvalue weighted by atomic mass is 19.4. The van der Waals surface area contributed by atoms with Crippen LogP contribution in [-0.2, 0) is 0 Å². The van der Waals surface area contributed by atoms with E-state index in [0.29, 0.717) is 6.42 Å². The zero-order chi connectivity index (χ0) is 17.4. The smallest absolute Gasteiger partial charge is 0.384 e. The summed E-state index contributed by atoms with van der Waals surface area (Å²) in [5.41, 5.74) is 0. The van der Waals surface area contributed by atoms with E-state index < -0.39 is 12.3 Å². The summed E-state index contributed by atoms with van der Waals surface area (Å²) in [6, 6.07) is 0. The Labute approximate surface area is 140 Å². The van der Waals surface area contributed by atoms with E-state index in [2.05, 4.69) is 19.1 Å². The molecule has 23 heavy (non-hydrogen) atoms. The van der Waals surface area contributed by atoms with Gasteiger partial charge in [0, 0.05) is 0 Å². The number of hydrogen-bond donors (Lipinski definition) is 1. The molecular weight excluding hydrogens is 301 g/mol. The summed E-state index contributed by atoms with van der Waals surface area (Å²) in [5.74, 6) is 0. The largest absolute Gasteiger partial charge is 0.414 e. The molecule has 0 rings (SSSR count). The molecule has 0 aliphatic rings. The van der Waals surface area contributed by atoms with Gasteiger partial charge in [0.2, 0.25) is 0 Å². The maximum atomic E-state index is 12.1. The standard InChI is InChI=1S/C19H35F3O/c1-2-3-4-5-6-7-8-9-10-11-12-13-14-15-16-17-18(23)19(20,21)22/h9-10,18,23H,2-8,11-17H2,1H3/b10-9-. The summed E-state index contributed by atoms with van der Waals surface area (Å²) in [6.07, 6.45) is 12.3. The first-order valence-electron chi connectivity index (χ1n) is 9.38. The van der Waals surface area contributed by atoms with Crippen molar-refractivity contribution in [3.63, 3.8) is 0 Å². The fourth-order valence-corrected chi connectivity index (χ4v) is 2.57. The first-order valence-corrected chi connectivity index (χ1v) is 9.38. The van der Waals surface area contributed by atoms with Gasteiger partial charge in [-0.25, -0.2) is 0 Å². The molecule has 0 fully saturated rings. The lowest BCUT2D eigenvalue weighted by Gasteiger charge is -2.13. The summed E-state index contributed by atoms with van der Waals surface area (Å²) >= 11 is 0. The Kier molecular flexibility index (Phi) is 14.7. The van der Waals surface area contributed by atoms with Gasteiger partial charge in [-0.3, -0.25) is 0 Å². The van der Waals surface area contributed by atoms with E-state index >= 15 is 0 Å². The van der Waals surface area contributed by atoms with E-state index in [0.717, 1.165) is 32.1 Å². The fraction of sp³-hybridized carbons (Fsp3) is 0.895. The van der Waals surface area contributed by atoms with Crippen molar-refractivity contribution in [2.45, 2.75) is 109 Å². The molecule has 0 aliphatic heterocycles. The van der Waals surface area contributed by atoms with Crippen LogP contribution in [0.2, 0.25) is 0 Å². The molecule has 0 spiro atoms. The Bertz CT molecular complexity index is 274. The van der Waals surface area contributed by atoms with Gasteiger partial charge in [-0.2, -0.15) is 13.2 Å². The molecule has 0 bridgehead atoms. The van der Waals surface area contributed by atoms with Crippen LogP contribution in [0.25, 0.3) is 0 Å². The molecule has 0 amide bonds. The SMILES string of the molecule is CCCCCCCC/C=C\CCCCCCCC(O)C(F)(F)F. The third-order valence-electron chi connectivity index (χ3n) is 4.12. The van der Waals surface area contributed by atoms with Gasteiger partial charge in [-0.15, -0.1) is 0 Å². The van der Waals surface area contributed by atoms with E-state index in [1.165, 1.54) is 44.9 Å². The van der Waals surface area contributed by atoms with Crippen LogP contribution in [-0.4, -0.2) is 17.4 Å². The highest BCUT2D eigenvalue weighted by Gasteiger charge is 2.37. The van der Waals surface area contributed by atoms with Gasteiger partial charge in [-0.1, -0.05) is 76.9 Å². The van der Waals surface area contributed by atoms with Crippen molar-refractivity contribution < 1.29 is 18.3 Å². The molecule has 0 aromatic rings. The molecular formula is C19H35F3O. The average Bonchev–Trinajstić information content (AvgIpc) is 2.50. The van der Waals surface area contributed by atoms with E-state index in [1.807, 2.05) is 0 Å². The maximum absolute atomic E-state index is 12.1. The average molecular weight is 336 g/mol. The molecule has 0 radical (unpaired) electrons. The minimum absolute atomic E-state index is 0.165. The Hall–Kier alpha value is -0.510. The van der Waals surface area contributed by atoms with Crippen LogP contribution in [0.4, 0.5) is 13.2 Å². The summed E-state index contributed by atoms with van der Waals surface area (Å²) in [5, 5.41) is 8.86. The first kappa shape index (κ1) is 22.5. The van der Waals surface area contributed by atoms with Crippen molar-refractivity contribution in [1.29, 1.82) is 0 Å². The molecule has 0 aromatic carbocycles. The van der Waals surface area contributed by atoms with Crippen LogP contribution in [0, 0.1) is 0 Å². The molecule has 0 saturated heterocycles. The Morgan fingerprint density at radius 3 is 1.65 bits per heavy atom. The van der Waals surface area contributed by atoms with Crippen LogP contribution >= 0.6 is 0 Å². The summed E-state index contributed by atoms with van der Waals surface area (Å²) < 4.78 is 36.2. The van der Waals surface area contributed by atoms with Crippen LogP contribution in [0.15, 0.2) is 12.2 Å². The van der Waals surface area contributed by atoms with Gasteiger partial charge >= 0.3 is 6.18 Å². The minimum atomic E-state index is -4.46. The van der Waals surface area contributed by atoms with Crippen molar-refractivity contribution in [2.24, 2.45) is 0 Å². The molecule has 4 heteroatoms. The highest BCUT2D eigenvalue weighted by molar-refractivity contribution is 4.81. The third kappa shape index (κ3) is 16.1. The maximum Gasteiger partial charge on any atom is 0.414 e. The van der Waals surface area contributed by atoms with Gasteiger partial charge in [-0.05, 0) is 32.1 Å². The Balaban J connectivity index is 3.22. The molecule has 1 unspecified atom stereocenters. The first-order chi connectivity index (χ1) is 11.0. The molecule has 138 valence electrons. The number of aliphatic hydroxyl groups excluding tert-OH is 1. The van der Waals surface area contributed by atoms with Crippen LogP contribution in [0.1, 0.15) is 96.8 Å². The minimum Gasteiger partial charge on any atom is -0.384 e. The van der Waals surface area contributed by atoms with E-state index in [-0.39, 0.29) is 6.42 Å². The van der Waals surface area contributed by atoms with Crippen molar-refractivity contribution in [3.8, 4) is 0 Å². The summed E-state index contributed by atoms with van der Waals surface area (Å²) in [4.78, 5) is 0. The van der Waals surface area contributed by atoms with Gasteiger partial charge in [0.1, 0.15) is 6.10 Å².